The average Bonchev–Trinajstić information content (AvgIpc) is 3.24. The minimum atomic E-state index is -0.384. The van der Waals surface area contributed by atoms with E-state index in [0.29, 0.717) is 12.4 Å². The Kier molecular flexibility index (Phi) is 6.12. The molecule has 158 valence electrons. The van der Waals surface area contributed by atoms with Crippen molar-refractivity contribution < 1.29 is 14.3 Å². The quantitative estimate of drug-likeness (QED) is 0.403. The Balaban J connectivity index is 1.52. The lowest BCUT2D eigenvalue weighted by Gasteiger charge is -2.15. The maximum atomic E-state index is 11.4. The lowest BCUT2D eigenvalue weighted by Crippen LogP contribution is -2.14. The molecule has 0 unspecified atom stereocenters. The van der Waals surface area contributed by atoms with Gasteiger partial charge in [0.05, 0.1) is 12.0 Å². The number of anilines is 1. The summed E-state index contributed by atoms with van der Waals surface area (Å²) < 4.78 is 10.3. The number of carbonyl (C=O) groups excluding carboxylic acids is 1. The zero-order valence-corrected chi connectivity index (χ0v) is 17.5. The highest BCUT2D eigenvalue weighted by Gasteiger charge is 2.13. The van der Waals surface area contributed by atoms with Crippen LogP contribution in [0.3, 0.4) is 0 Å². The van der Waals surface area contributed by atoms with Gasteiger partial charge in [-0.2, -0.15) is 0 Å². The molecule has 0 saturated heterocycles. The first-order chi connectivity index (χ1) is 15.1. The van der Waals surface area contributed by atoms with Gasteiger partial charge >= 0.3 is 5.97 Å². The number of fused-ring (bicyclic) bond motifs is 1. The predicted molar refractivity (Wildman–Crippen MR) is 120 cm³/mol. The molecule has 0 aliphatic heterocycles. The highest BCUT2D eigenvalue weighted by atomic mass is 16.6. The number of H-pyrrole nitrogens is 1. The number of aromatic amines is 1. The van der Waals surface area contributed by atoms with E-state index in [0.717, 1.165) is 28.1 Å². The highest BCUT2D eigenvalue weighted by molar-refractivity contribution is 5.91. The van der Waals surface area contributed by atoms with Crippen LogP contribution in [-0.4, -0.2) is 34.1 Å². The van der Waals surface area contributed by atoms with E-state index in [4.69, 9.17) is 9.47 Å². The second-order valence-corrected chi connectivity index (χ2v) is 7.06. The fraction of sp³-hybridized carbons (Fsp3) is 0.208. The van der Waals surface area contributed by atoms with E-state index in [1.165, 1.54) is 5.56 Å². The molecule has 4 aromatic rings. The molecule has 2 aromatic heterocycles. The molecule has 0 saturated carbocycles. The predicted octanol–water partition coefficient (Wildman–Crippen LogP) is 4.74. The number of aromatic nitrogens is 3. The number of hydrogen-bond acceptors (Lipinski definition) is 6. The van der Waals surface area contributed by atoms with Gasteiger partial charge in [-0.15, -0.1) is 0 Å². The molecule has 31 heavy (non-hydrogen) atoms. The van der Waals surface area contributed by atoms with Crippen molar-refractivity contribution in [3.63, 3.8) is 0 Å². The molecular weight excluding hydrogens is 392 g/mol. The van der Waals surface area contributed by atoms with Gasteiger partial charge in [-0.1, -0.05) is 30.3 Å². The van der Waals surface area contributed by atoms with Crippen LogP contribution in [0.2, 0.25) is 0 Å². The first-order valence-electron chi connectivity index (χ1n) is 10.2. The number of carbonyl (C=O) groups is 1. The normalized spacial score (nSPS) is 11.8. The van der Waals surface area contributed by atoms with Gasteiger partial charge in [0, 0.05) is 11.7 Å². The van der Waals surface area contributed by atoms with Crippen LogP contribution in [0.4, 0.5) is 5.82 Å². The molecule has 0 spiro atoms. The summed E-state index contributed by atoms with van der Waals surface area (Å²) in [6.45, 7) is 4.10. The van der Waals surface area contributed by atoms with Crippen molar-refractivity contribution in [1.82, 2.24) is 15.0 Å². The monoisotopic (exact) mass is 416 g/mol. The molecule has 0 fully saturated rings. The van der Waals surface area contributed by atoms with Crippen LogP contribution >= 0.6 is 0 Å². The van der Waals surface area contributed by atoms with Crippen molar-refractivity contribution in [2.75, 3.05) is 18.5 Å². The van der Waals surface area contributed by atoms with Crippen LogP contribution in [0.5, 0.6) is 5.75 Å². The first kappa shape index (κ1) is 20.4. The van der Waals surface area contributed by atoms with Crippen molar-refractivity contribution >= 4 is 22.8 Å². The molecule has 0 amide bonds. The number of nitrogens with zero attached hydrogens (tertiary/aromatic N) is 2. The molecule has 7 heteroatoms. The second-order valence-electron chi connectivity index (χ2n) is 7.06. The van der Waals surface area contributed by atoms with Crippen LogP contribution < -0.4 is 10.1 Å². The Labute approximate surface area is 180 Å². The molecule has 0 bridgehead atoms. The molecule has 4 rings (SSSR count). The third kappa shape index (κ3) is 4.83. The van der Waals surface area contributed by atoms with Gasteiger partial charge in [-0.25, -0.2) is 14.8 Å². The van der Waals surface area contributed by atoms with Crippen molar-refractivity contribution in [3.8, 4) is 17.0 Å². The fourth-order valence-corrected chi connectivity index (χ4v) is 3.32. The molecule has 2 aromatic carbocycles. The van der Waals surface area contributed by atoms with Crippen LogP contribution in [0.15, 0.2) is 67.0 Å². The van der Waals surface area contributed by atoms with Crippen molar-refractivity contribution in [1.29, 1.82) is 0 Å². The molecular formula is C24H24N4O3. The topological polar surface area (TPSA) is 89.1 Å². The zero-order chi connectivity index (χ0) is 21.6. The smallest absolute Gasteiger partial charge is 0.344 e. The third-order valence-electron chi connectivity index (χ3n) is 4.91. The fourth-order valence-electron chi connectivity index (χ4n) is 3.32. The third-order valence-corrected chi connectivity index (χ3v) is 4.91. The Bertz CT molecular complexity index is 1160. The Morgan fingerprint density at radius 3 is 2.61 bits per heavy atom. The second kappa shape index (κ2) is 9.30. The molecule has 7 nitrogen and oxygen atoms in total. The summed E-state index contributed by atoms with van der Waals surface area (Å²) in [5.41, 5.74) is 3.84. The molecule has 2 N–H and O–H groups in total. The Morgan fingerprint density at radius 1 is 1.10 bits per heavy atom. The maximum Gasteiger partial charge on any atom is 0.344 e. The lowest BCUT2D eigenvalue weighted by molar-refractivity contribution is -0.145. The maximum absolute atomic E-state index is 11.4. The number of benzene rings is 2. The van der Waals surface area contributed by atoms with E-state index in [1.54, 1.807) is 13.3 Å². The zero-order valence-electron chi connectivity index (χ0n) is 17.5. The number of rotatable bonds is 8. The SMILES string of the molecule is CCOC(=O)COc1ccc(-c2cc3c(N[C@H](C)c4ccccc4)ncnc3[nH]2)cc1. The van der Waals surface area contributed by atoms with Crippen molar-refractivity contribution in [3.05, 3.63) is 72.6 Å². The number of hydrogen-bond donors (Lipinski definition) is 2. The van der Waals surface area contributed by atoms with Crippen LogP contribution in [0.25, 0.3) is 22.3 Å². The Hall–Kier alpha value is -3.87. The van der Waals surface area contributed by atoms with Crippen molar-refractivity contribution in [2.24, 2.45) is 0 Å². The van der Waals surface area contributed by atoms with Gasteiger partial charge in [0.2, 0.25) is 0 Å². The summed E-state index contributed by atoms with van der Waals surface area (Å²) in [7, 11) is 0. The molecule has 0 aliphatic carbocycles. The molecule has 0 radical (unpaired) electrons. The number of ether oxygens (including phenoxy) is 2. The summed E-state index contributed by atoms with van der Waals surface area (Å²) in [6.07, 6.45) is 1.55. The van der Waals surface area contributed by atoms with E-state index < -0.39 is 0 Å². The van der Waals surface area contributed by atoms with E-state index in [2.05, 4.69) is 39.3 Å². The van der Waals surface area contributed by atoms with Crippen LogP contribution in [-0.2, 0) is 9.53 Å². The minimum Gasteiger partial charge on any atom is -0.482 e. The van der Waals surface area contributed by atoms with E-state index in [1.807, 2.05) is 48.5 Å². The summed E-state index contributed by atoms with van der Waals surface area (Å²) in [5, 5.41) is 4.40. The van der Waals surface area contributed by atoms with E-state index >= 15 is 0 Å². The van der Waals surface area contributed by atoms with E-state index in [-0.39, 0.29) is 18.6 Å². The van der Waals surface area contributed by atoms with E-state index in [9.17, 15) is 4.79 Å². The number of esters is 1. The van der Waals surface area contributed by atoms with Gasteiger partial charge in [0.25, 0.3) is 0 Å². The van der Waals surface area contributed by atoms with Gasteiger partial charge in [-0.3, -0.25) is 0 Å². The van der Waals surface area contributed by atoms with Crippen LogP contribution in [0.1, 0.15) is 25.5 Å². The van der Waals surface area contributed by atoms with Crippen molar-refractivity contribution in [2.45, 2.75) is 19.9 Å². The van der Waals surface area contributed by atoms with Gasteiger partial charge in [-0.05, 0) is 55.3 Å². The average molecular weight is 416 g/mol. The molecule has 0 aliphatic rings. The Morgan fingerprint density at radius 2 is 1.87 bits per heavy atom. The van der Waals surface area contributed by atoms with Crippen LogP contribution in [0, 0.1) is 0 Å². The van der Waals surface area contributed by atoms with Gasteiger partial charge in [0.1, 0.15) is 23.5 Å². The standard InChI is InChI=1S/C24H24N4O3/c1-3-30-22(29)14-31-19-11-9-18(10-12-19)21-13-20-23(25-15-26-24(20)28-21)27-16(2)17-7-5-4-6-8-17/h4-13,15-16H,3,14H2,1-2H3,(H2,25,26,27,28)/t16-/m1/s1. The summed E-state index contributed by atoms with van der Waals surface area (Å²) >= 11 is 0. The first-order valence-corrected chi connectivity index (χ1v) is 10.2. The lowest BCUT2D eigenvalue weighted by atomic mass is 10.1. The largest absolute Gasteiger partial charge is 0.482 e. The minimum absolute atomic E-state index is 0.105. The summed E-state index contributed by atoms with van der Waals surface area (Å²) in [4.78, 5) is 23.6. The number of nitrogens with one attached hydrogen (secondary N) is 2. The van der Waals surface area contributed by atoms with Gasteiger partial charge in [0.15, 0.2) is 6.61 Å². The summed E-state index contributed by atoms with van der Waals surface area (Å²) in [6, 6.07) is 19.9. The molecule has 2 heterocycles. The summed E-state index contributed by atoms with van der Waals surface area (Å²) in [5.74, 6) is 0.996. The highest BCUT2D eigenvalue weighted by Crippen LogP contribution is 2.29. The molecule has 1 atom stereocenters. The van der Waals surface area contributed by atoms with Gasteiger partial charge < -0.3 is 19.8 Å².